The van der Waals surface area contributed by atoms with Gasteiger partial charge >= 0.3 is 5.97 Å². The number of phenolic OH excluding ortho intramolecular Hbond substituents is 1. The minimum absolute atomic E-state index is 0.00357. The Balaban J connectivity index is 2.29. The third kappa shape index (κ3) is 23.1. The molecule has 0 spiro atoms. The summed E-state index contributed by atoms with van der Waals surface area (Å²) in [6.07, 6.45) is -0.117. The fourth-order valence-corrected chi connectivity index (χ4v) is 7.69. The summed E-state index contributed by atoms with van der Waals surface area (Å²) >= 11 is 0. The molecule has 9 atom stereocenters. The van der Waals surface area contributed by atoms with E-state index in [1.54, 1.807) is 71.9 Å². The number of aliphatic hydroxyl groups is 2. The highest BCUT2D eigenvalue weighted by atomic mass is 16.4. The second kappa shape index (κ2) is 32.9. The van der Waals surface area contributed by atoms with Crippen molar-refractivity contribution in [2.75, 3.05) is 19.8 Å². The van der Waals surface area contributed by atoms with Gasteiger partial charge in [-0.3, -0.25) is 43.2 Å². The van der Waals surface area contributed by atoms with Crippen molar-refractivity contribution in [1.29, 1.82) is 0 Å². The van der Waals surface area contributed by atoms with Gasteiger partial charge in [-0.1, -0.05) is 84.0 Å². The van der Waals surface area contributed by atoms with Crippen molar-refractivity contribution in [2.45, 2.75) is 147 Å². The lowest BCUT2D eigenvalue weighted by Gasteiger charge is -2.29. The highest BCUT2D eigenvalue weighted by Crippen LogP contribution is 2.14. The van der Waals surface area contributed by atoms with Gasteiger partial charge in [-0.2, -0.15) is 0 Å². The summed E-state index contributed by atoms with van der Waals surface area (Å²) in [4.78, 5) is 134. The number of unbranched alkanes of at least 4 members (excludes halogenated alkanes) is 1. The van der Waals surface area contributed by atoms with Gasteiger partial charge in [0.25, 0.3) is 0 Å². The average Bonchev–Trinajstić information content (AvgIpc) is 3.35. The molecule has 9 amide bonds. The first-order valence-electron chi connectivity index (χ1n) is 25.2. The van der Waals surface area contributed by atoms with E-state index >= 15 is 0 Å². The molecule has 0 bridgehead atoms. The van der Waals surface area contributed by atoms with Gasteiger partial charge in [0.2, 0.25) is 53.2 Å². The Kier molecular flexibility index (Phi) is 28.1. The smallest absolute Gasteiger partial charge is 0.326 e. The van der Waals surface area contributed by atoms with Gasteiger partial charge in [0.1, 0.15) is 54.1 Å². The van der Waals surface area contributed by atoms with E-state index < -0.39 is 139 Å². The molecular formula is C51H79N11O14. The zero-order valence-corrected chi connectivity index (χ0v) is 44.0. The summed E-state index contributed by atoms with van der Waals surface area (Å²) in [6, 6.07) is 1.47. The molecule has 76 heavy (non-hydrogen) atoms. The molecule has 0 fully saturated rings. The third-order valence-corrected chi connectivity index (χ3v) is 11.8. The van der Waals surface area contributed by atoms with E-state index in [2.05, 4.69) is 42.5 Å². The van der Waals surface area contributed by atoms with Crippen molar-refractivity contribution < 1.29 is 68.4 Å². The molecule has 0 heterocycles. The number of carboxylic acids is 1. The van der Waals surface area contributed by atoms with Crippen LogP contribution in [0.25, 0.3) is 0 Å². The van der Waals surface area contributed by atoms with E-state index in [1.165, 1.54) is 24.3 Å². The number of carbonyl (C=O) groups is 10. The lowest BCUT2D eigenvalue weighted by atomic mass is 9.99. The number of hydrogen-bond acceptors (Lipinski definition) is 15. The van der Waals surface area contributed by atoms with Crippen LogP contribution in [0.3, 0.4) is 0 Å². The number of rotatable bonds is 34. The maximum absolute atomic E-state index is 14.2. The molecule has 422 valence electrons. The maximum atomic E-state index is 14.2. The normalized spacial score (nSPS) is 14.8. The topological polar surface area (TPSA) is 426 Å². The lowest BCUT2D eigenvalue weighted by Crippen LogP contribution is -2.61. The molecule has 25 heteroatoms. The van der Waals surface area contributed by atoms with Crippen molar-refractivity contribution >= 4 is 59.1 Å². The number of phenols is 1. The Labute approximate surface area is 442 Å². The van der Waals surface area contributed by atoms with Crippen LogP contribution >= 0.6 is 0 Å². The van der Waals surface area contributed by atoms with Crippen LogP contribution in [0.1, 0.15) is 91.2 Å². The monoisotopic (exact) mass is 1070 g/mol. The number of amides is 9. The minimum atomic E-state index is -1.69. The van der Waals surface area contributed by atoms with Crippen molar-refractivity contribution in [3.63, 3.8) is 0 Å². The number of aliphatic carboxylic acids is 1. The molecule has 0 aliphatic carbocycles. The number of benzene rings is 2. The molecule has 18 N–H and O–H groups in total. The number of nitrogens with two attached hydrogens (primary N) is 3. The number of hydrogen-bond donors (Lipinski definition) is 15. The van der Waals surface area contributed by atoms with Crippen molar-refractivity contribution in [3.05, 3.63) is 65.7 Å². The SMILES string of the molecule is CC(C)C[C@H](NC(=O)[C@H](CO)NC(=O)[C@H](CO)NC(=O)[C@@H](N)Cc1ccccc1)C(=O)N[C@@H](CCCCN)C(=O)N[C@@H](CC(C)C)C(=O)N[C@@H](CC(N)=O)C(=O)N[C@H](C(=O)N[C@@H](Cc1ccc(O)cc1)C(=O)O)C(C)C. The number of carbonyl (C=O) groups excluding carboxylic acids is 9. The standard InChI is InChI=1S/C51H79N11O14/c1-27(2)20-35(57-48(72)40(26-64)61-49(73)39(25-63)60-43(67)33(53)22-30-12-8-7-9-13-30)45(69)55-34(14-10-11-19-52)44(68)56-36(21-28(3)4)46(70)58-37(24-41(54)66)47(71)62-42(29(5)6)50(74)59-38(51(75)76)23-31-15-17-32(65)18-16-31/h7-9,12-13,15-18,27-29,33-40,42,63-65H,10-11,14,19-26,52-53H2,1-6H3,(H2,54,66)(H,55,69)(H,56,68)(H,57,72)(H,58,70)(H,59,74)(H,60,67)(H,61,73)(H,62,71)(H,75,76)/t33-,34-,35-,36-,37-,38-,39-,40-,42-/m0/s1. The Morgan fingerprint density at radius 1 is 0.500 bits per heavy atom. The van der Waals surface area contributed by atoms with E-state index in [4.69, 9.17) is 17.2 Å². The highest BCUT2D eigenvalue weighted by molar-refractivity contribution is 5.99. The van der Waals surface area contributed by atoms with E-state index in [0.717, 1.165) is 5.56 Å². The molecule has 25 nitrogen and oxygen atoms in total. The second-order valence-corrected chi connectivity index (χ2v) is 19.7. The summed E-state index contributed by atoms with van der Waals surface area (Å²) < 4.78 is 0. The Hall–Kier alpha value is -7.22. The largest absolute Gasteiger partial charge is 0.508 e. The lowest BCUT2D eigenvalue weighted by molar-refractivity contribution is -0.142. The van der Waals surface area contributed by atoms with Crippen LogP contribution in [-0.4, -0.2) is 154 Å². The number of primary amides is 1. The maximum Gasteiger partial charge on any atom is 0.326 e. The van der Waals surface area contributed by atoms with Gasteiger partial charge in [-0.15, -0.1) is 0 Å². The predicted octanol–water partition coefficient (Wildman–Crippen LogP) is -2.80. The van der Waals surface area contributed by atoms with Crippen molar-refractivity contribution in [2.24, 2.45) is 35.0 Å². The Bertz CT molecular complexity index is 2250. The van der Waals surface area contributed by atoms with Crippen LogP contribution in [0.2, 0.25) is 0 Å². The highest BCUT2D eigenvalue weighted by Gasteiger charge is 2.36. The molecular weight excluding hydrogens is 991 g/mol. The third-order valence-electron chi connectivity index (χ3n) is 11.8. The van der Waals surface area contributed by atoms with Crippen LogP contribution < -0.4 is 59.7 Å². The molecule has 0 unspecified atom stereocenters. The molecule has 2 aromatic rings. The number of carboxylic acid groups (broad SMARTS) is 1. The van der Waals surface area contributed by atoms with Gasteiger partial charge in [0.15, 0.2) is 0 Å². The fraction of sp³-hybridized carbons (Fsp3) is 0.569. The zero-order valence-electron chi connectivity index (χ0n) is 44.0. The second-order valence-electron chi connectivity index (χ2n) is 19.7. The first kappa shape index (κ1) is 64.9. The summed E-state index contributed by atoms with van der Waals surface area (Å²) in [5.41, 5.74) is 18.5. The van der Waals surface area contributed by atoms with E-state index in [-0.39, 0.29) is 56.2 Å². The van der Waals surface area contributed by atoms with Gasteiger partial charge in [0.05, 0.1) is 25.7 Å². The fourth-order valence-electron chi connectivity index (χ4n) is 7.69. The van der Waals surface area contributed by atoms with Crippen LogP contribution in [0.4, 0.5) is 0 Å². The first-order chi connectivity index (χ1) is 35.8. The summed E-state index contributed by atoms with van der Waals surface area (Å²) in [7, 11) is 0. The van der Waals surface area contributed by atoms with Crippen molar-refractivity contribution in [3.8, 4) is 5.75 Å². The molecule has 0 saturated heterocycles. The predicted molar refractivity (Wildman–Crippen MR) is 278 cm³/mol. The van der Waals surface area contributed by atoms with Crippen LogP contribution in [0, 0.1) is 17.8 Å². The Morgan fingerprint density at radius 2 is 0.921 bits per heavy atom. The quantitative estimate of drug-likeness (QED) is 0.0315. The molecule has 0 radical (unpaired) electrons. The van der Waals surface area contributed by atoms with Gasteiger partial charge in [-0.05, 0) is 86.1 Å². The summed E-state index contributed by atoms with van der Waals surface area (Å²) in [6.45, 7) is 8.46. The van der Waals surface area contributed by atoms with Crippen LogP contribution in [0.5, 0.6) is 5.75 Å². The molecule has 0 aliphatic heterocycles. The Morgan fingerprint density at radius 3 is 1.38 bits per heavy atom. The van der Waals surface area contributed by atoms with Gasteiger partial charge in [0, 0.05) is 6.42 Å². The van der Waals surface area contributed by atoms with Crippen LogP contribution in [-0.2, 0) is 60.8 Å². The first-order valence-corrected chi connectivity index (χ1v) is 25.2. The number of nitrogens with one attached hydrogen (secondary N) is 8. The summed E-state index contributed by atoms with van der Waals surface area (Å²) in [5.74, 6) is -11.0. The van der Waals surface area contributed by atoms with E-state index in [0.29, 0.717) is 18.4 Å². The number of aliphatic hydroxyl groups excluding tert-OH is 2. The molecule has 0 saturated carbocycles. The molecule has 0 aromatic heterocycles. The number of aromatic hydroxyl groups is 1. The minimum Gasteiger partial charge on any atom is -0.508 e. The molecule has 0 aliphatic rings. The average molecular weight is 1070 g/mol. The van der Waals surface area contributed by atoms with E-state index in [1.807, 2.05) is 0 Å². The van der Waals surface area contributed by atoms with Crippen molar-refractivity contribution in [1.82, 2.24) is 42.5 Å². The zero-order chi connectivity index (χ0) is 57.2. The van der Waals surface area contributed by atoms with Gasteiger partial charge in [-0.25, -0.2) is 4.79 Å². The van der Waals surface area contributed by atoms with E-state index in [9.17, 15) is 68.4 Å². The van der Waals surface area contributed by atoms with Gasteiger partial charge < -0.3 is 80.2 Å². The van der Waals surface area contributed by atoms with Crippen LogP contribution in [0.15, 0.2) is 54.6 Å². The summed E-state index contributed by atoms with van der Waals surface area (Å²) in [5, 5.41) is 59.3. The molecule has 2 aromatic carbocycles. The molecule has 2 rings (SSSR count).